The first-order valence-corrected chi connectivity index (χ1v) is 5.52. The third-order valence-corrected chi connectivity index (χ3v) is 2.94. The van der Waals surface area contributed by atoms with Crippen LogP contribution in [-0.4, -0.2) is 36.1 Å². The Morgan fingerprint density at radius 1 is 1.23 bits per heavy atom. The molecule has 1 fully saturated rings. The summed E-state index contributed by atoms with van der Waals surface area (Å²) in [6.07, 6.45) is 2.62. The van der Waals surface area contributed by atoms with E-state index in [1.54, 1.807) is 0 Å². The number of nitrogens with one attached hydrogen (secondary N) is 1. The minimum atomic E-state index is 0.358. The van der Waals surface area contributed by atoms with E-state index < -0.39 is 0 Å². The molecule has 78 valence electrons. The van der Waals surface area contributed by atoms with Crippen molar-refractivity contribution < 1.29 is 0 Å². The van der Waals surface area contributed by atoms with Gasteiger partial charge in [0.2, 0.25) is 0 Å². The largest absolute Gasteiger partial charge is 0.314 e. The maximum atomic E-state index is 3.53. The summed E-state index contributed by atoms with van der Waals surface area (Å²) in [4.78, 5) is 2.58. The van der Waals surface area contributed by atoms with Gasteiger partial charge in [-0.05, 0) is 40.2 Å². The van der Waals surface area contributed by atoms with Crippen LogP contribution in [0.5, 0.6) is 0 Å². The van der Waals surface area contributed by atoms with Gasteiger partial charge in [0.15, 0.2) is 0 Å². The highest BCUT2D eigenvalue weighted by Crippen LogP contribution is 2.19. The first-order valence-electron chi connectivity index (χ1n) is 5.52. The van der Waals surface area contributed by atoms with Crippen molar-refractivity contribution in [3.05, 3.63) is 0 Å². The summed E-state index contributed by atoms with van der Waals surface area (Å²) in [5.41, 5.74) is 0.358. The molecule has 1 heterocycles. The Bertz CT molecular complexity index is 141. The summed E-state index contributed by atoms with van der Waals surface area (Å²) in [6.45, 7) is 12.7. The number of hydrogen-bond donors (Lipinski definition) is 1. The van der Waals surface area contributed by atoms with E-state index in [2.05, 4.69) is 37.9 Å². The molecule has 1 aliphatic rings. The zero-order valence-corrected chi connectivity index (χ0v) is 9.56. The van der Waals surface area contributed by atoms with Crippen molar-refractivity contribution in [2.75, 3.05) is 19.6 Å². The number of rotatable bonds is 2. The molecule has 1 rings (SSSR count). The summed E-state index contributed by atoms with van der Waals surface area (Å²) >= 11 is 0. The standard InChI is InChI=1S/C11H24N2/c1-5-12-10-6-8-13(9-7-10)11(2,3)4/h10,12H,5-9H2,1-4H3. The van der Waals surface area contributed by atoms with Crippen LogP contribution in [-0.2, 0) is 0 Å². The van der Waals surface area contributed by atoms with E-state index in [0.717, 1.165) is 12.6 Å². The van der Waals surface area contributed by atoms with Crippen LogP contribution in [0.3, 0.4) is 0 Å². The highest BCUT2D eigenvalue weighted by Gasteiger charge is 2.26. The molecule has 0 radical (unpaired) electrons. The second-order valence-electron chi connectivity index (χ2n) is 4.99. The second-order valence-corrected chi connectivity index (χ2v) is 4.99. The molecule has 1 aliphatic heterocycles. The predicted molar refractivity (Wildman–Crippen MR) is 58.0 cm³/mol. The van der Waals surface area contributed by atoms with Gasteiger partial charge in [0.1, 0.15) is 0 Å². The van der Waals surface area contributed by atoms with Crippen LogP contribution in [0.4, 0.5) is 0 Å². The summed E-state index contributed by atoms with van der Waals surface area (Å²) in [5, 5.41) is 3.53. The van der Waals surface area contributed by atoms with Gasteiger partial charge in [0.25, 0.3) is 0 Å². The highest BCUT2D eigenvalue weighted by atomic mass is 15.2. The van der Waals surface area contributed by atoms with E-state index in [9.17, 15) is 0 Å². The number of likely N-dealkylation sites (tertiary alicyclic amines) is 1. The Labute approximate surface area is 82.7 Å². The third kappa shape index (κ3) is 3.28. The lowest BCUT2D eigenvalue weighted by Crippen LogP contribution is -2.49. The number of piperidine rings is 1. The maximum absolute atomic E-state index is 3.53. The van der Waals surface area contributed by atoms with Gasteiger partial charge in [0, 0.05) is 24.7 Å². The van der Waals surface area contributed by atoms with E-state index in [1.165, 1.54) is 25.9 Å². The van der Waals surface area contributed by atoms with Crippen LogP contribution < -0.4 is 5.32 Å². The molecule has 0 spiro atoms. The topological polar surface area (TPSA) is 15.3 Å². The van der Waals surface area contributed by atoms with Crippen molar-refractivity contribution in [1.82, 2.24) is 10.2 Å². The normalized spacial score (nSPS) is 22.2. The lowest BCUT2D eigenvalue weighted by atomic mass is 9.98. The van der Waals surface area contributed by atoms with Gasteiger partial charge < -0.3 is 5.32 Å². The Balaban J connectivity index is 2.30. The van der Waals surface area contributed by atoms with Gasteiger partial charge in [-0.15, -0.1) is 0 Å². The van der Waals surface area contributed by atoms with Gasteiger partial charge in [-0.1, -0.05) is 6.92 Å². The van der Waals surface area contributed by atoms with E-state index >= 15 is 0 Å². The predicted octanol–water partition coefficient (Wildman–Crippen LogP) is 1.86. The van der Waals surface area contributed by atoms with Gasteiger partial charge in [-0.3, -0.25) is 4.90 Å². The molecular formula is C11H24N2. The minimum absolute atomic E-state index is 0.358. The Morgan fingerprint density at radius 3 is 2.15 bits per heavy atom. The van der Waals surface area contributed by atoms with Gasteiger partial charge >= 0.3 is 0 Å². The van der Waals surface area contributed by atoms with E-state index in [4.69, 9.17) is 0 Å². The first kappa shape index (κ1) is 11.0. The van der Waals surface area contributed by atoms with Crippen LogP contribution in [0.15, 0.2) is 0 Å². The Morgan fingerprint density at radius 2 is 1.77 bits per heavy atom. The fraction of sp³-hybridized carbons (Fsp3) is 1.00. The van der Waals surface area contributed by atoms with Crippen molar-refractivity contribution in [3.8, 4) is 0 Å². The molecule has 0 bridgehead atoms. The molecular weight excluding hydrogens is 160 g/mol. The molecule has 0 unspecified atom stereocenters. The van der Waals surface area contributed by atoms with E-state index in [0.29, 0.717) is 5.54 Å². The maximum Gasteiger partial charge on any atom is 0.0125 e. The van der Waals surface area contributed by atoms with Gasteiger partial charge in [-0.25, -0.2) is 0 Å². The smallest absolute Gasteiger partial charge is 0.0125 e. The van der Waals surface area contributed by atoms with E-state index in [1.807, 2.05) is 0 Å². The number of hydrogen-bond acceptors (Lipinski definition) is 2. The Hall–Kier alpha value is -0.0800. The quantitative estimate of drug-likeness (QED) is 0.704. The molecule has 2 nitrogen and oxygen atoms in total. The molecule has 13 heavy (non-hydrogen) atoms. The van der Waals surface area contributed by atoms with Crippen molar-refractivity contribution in [2.24, 2.45) is 0 Å². The van der Waals surface area contributed by atoms with Crippen LogP contribution in [0.25, 0.3) is 0 Å². The fourth-order valence-corrected chi connectivity index (χ4v) is 2.04. The molecule has 0 aromatic heterocycles. The van der Waals surface area contributed by atoms with Crippen LogP contribution in [0.1, 0.15) is 40.5 Å². The molecule has 0 aromatic carbocycles. The molecule has 0 atom stereocenters. The number of nitrogens with zero attached hydrogens (tertiary/aromatic N) is 1. The SMILES string of the molecule is CCNC1CCN(C(C)(C)C)CC1. The summed E-state index contributed by atoms with van der Waals surface area (Å²) in [7, 11) is 0. The minimum Gasteiger partial charge on any atom is -0.314 e. The fourth-order valence-electron chi connectivity index (χ4n) is 2.04. The first-order chi connectivity index (χ1) is 6.04. The average Bonchev–Trinajstić information content (AvgIpc) is 2.04. The molecule has 1 saturated heterocycles. The van der Waals surface area contributed by atoms with Crippen molar-refractivity contribution in [1.29, 1.82) is 0 Å². The molecule has 0 amide bonds. The van der Waals surface area contributed by atoms with Gasteiger partial charge in [-0.2, -0.15) is 0 Å². The monoisotopic (exact) mass is 184 g/mol. The van der Waals surface area contributed by atoms with Crippen LogP contribution >= 0.6 is 0 Å². The molecule has 1 N–H and O–H groups in total. The van der Waals surface area contributed by atoms with Gasteiger partial charge in [0.05, 0.1) is 0 Å². The molecule has 0 aliphatic carbocycles. The lowest BCUT2D eigenvalue weighted by molar-refractivity contribution is 0.0967. The second kappa shape index (κ2) is 4.43. The zero-order valence-electron chi connectivity index (χ0n) is 9.56. The van der Waals surface area contributed by atoms with E-state index in [-0.39, 0.29) is 0 Å². The summed E-state index contributed by atoms with van der Waals surface area (Å²) in [6, 6.07) is 0.767. The van der Waals surface area contributed by atoms with Crippen molar-refractivity contribution >= 4 is 0 Å². The molecule has 0 aromatic rings. The summed E-state index contributed by atoms with van der Waals surface area (Å²) < 4.78 is 0. The Kier molecular flexibility index (Phi) is 3.74. The van der Waals surface area contributed by atoms with Crippen LogP contribution in [0, 0.1) is 0 Å². The molecule has 2 heteroatoms. The zero-order chi connectivity index (χ0) is 9.90. The summed E-state index contributed by atoms with van der Waals surface area (Å²) in [5.74, 6) is 0. The van der Waals surface area contributed by atoms with Crippen LogP contribution in [0.2, 0.25) is 0 Å². The van der Waals surface area contributed by atoms with Crippen molar-refractivity contribution in [2.45, 2.75) is 52.1 Å². The average molecular weight is 184 g/mol. The highest BCUT2D eigenvalue weighted by molar-refractivity contribution is 4.83. The van der Waals surface area contributed by atoms with Crippen molar-refractivity contribution in [3.63, 3.8) is 0 Å². The molecule has 0 saturated carbocycles. The third-order valence-electron chi connectivity index (χ3n) is 2.94. The lowest BCUT2D eigenvalue weighted by Gasteiger charge is -2.41.